The third kappa shape index (κ3) is 3.14. The van der Waals surface area contributed by atoms with E-state index in [9.17, 15) is 23.4 Å². The maximum absolute atomic E-state index is 12.5. The van der Waals surface area contributed by atoms with Gasteiger partial charge in [0, 0.05) is 17.8 Å². The summed E-state index contributed by atoms with van der Waals surface area (Å²) in [7, 11) is 0. The number of halogens is 3. The highest BCUT2D eigenvalue weighted by Crippen LogP contribution is 2.32. The first-order valence-electron chi connectivity index (χ1n) is 5.79. The lowest BCUT2D eigenvalue weighted by Crippen LogP contribution is -2.06. The molecule has 0 aliphatic carbocycles. The fourth-order valence-corrected chi connectivity index (χ4v) is 1.72. The lowest BCUT2D eigenvalue weighted by atomic mass is 10.1. The minimum atomic E-state index is -4.40. The van der Waals surface area contributed by atoms with E-state index in [1.165, 1.54) is 24.3 Å². The van der Waals surface area contributed by atoms with Gasteiger partial charge in [-0.05, 0) is 24.3 Å². The number of anilines is 1. The Morgan fingerprint density at radius 3 is 2.40 bits per heavy atom. The van der Waals surface area contributed by atoms with Gasteiger partial charge in [-0.1, -0.05) is 18.2 Å². The zero-order valence-corrected chi connectivity index (χ0v) is 10.3. The first-order chi connectivity index (χ1) is 9.38. The van der Waals surface area contributed by atoms with Crippen molar-refractivity contribution in [2.24, 2.45) is 0 Å². The van der Waals surface area contributed by atoms with Gasteiger partial charge in [-0.2, -0.15) is 13.2 Å². The normalized spacial score (nSPS) is 11.3. The second kappa shape index (κ2) is 5.32. The van der Waals surface area contributed by atoms with Gasteiger partial charge in [0.05, 0.1) is 5.56 Å². The van der Waals surface area contributed by atoms with Crippen LogP contribution in [-0.4, -0.2) is 10.2 Å². The Bertz CT molecular complexity index is 612. The minimum absolute atomic E-state index is 0.0988. The van der Waals surface area contributed by atoms with E-state index in [0.29, 0.717) is 5.56 Å². The molecule has 20 heavy (non-hydrogen) atoms. The van der Waals surface area contributed by atoms with Gasteiger partial charge in [-0.3, -0.25) is 0 Å². The van der Waals surface area contributed by atoms with Crippen molar-refractivity contribution in [1.29, 1.82) is 0 Å². The second-order valence-electron chi connectivity index (χ2n) is 4.22. The molecule has 3 N–H and O–H groups in total. The molecule has 0 atom stereocenters. The predicted octanol–water partition coefficient (Wildman–Crippen LogP) is 3.73. The molecule has 0 spiro atoms. The average molecular weight is 283 g/mol. The number of hydrogen-bond donors (Lipinski definition) is 3. The van der Waals surface area contributed by atoms with Crippen LogP contribution in [0.15, 0.2) is 42.5 Å². The molecule has 0 bridgehead atoms. The van der Waals surface area contributed by atoms with E-state index in [1.807, 2.05) is 0 Å². The monoisotopic (exact) mass is 283 g/mol. The van der Waals surface area contributed by atoms with Gasteiger partial charge in [0.2, 0.25) is 0 Å². The zero-order valence-electron chi connectivity index (χ0n) is 10.3. The van der Waals surface area contributed by atoms with Crippen LogP contribution in [0.1, 0.15) is 11.1 Å². The Morgan fingerprint density at radius 1 is 1.00 bits per heavy atom. The third-order valence-corrected chi connectivity index (χ3v) is 2.77. The molecule has 0 radical (unpaired) electrons. The van der Waals surface area contributed by atoms with Crippen molar-refractivity contribution in [3.8, 4) is 11.5 Å². The highest BCUT2D eigenvalue weighted by Gasteiger charge is 2.30. The smallest absolute Gasteiger partial charge is 0.416 e. The van der Waals surface area contributed by atoms with Crippen LogP contribution in [0.3, 0.4) is 0 Å². The van der Waals surface area contributed by atoms with E-state index in [-0.39, 0.29) is 23.7 Å². The Kier molecular flexibility index (Phi) is 3.74. The van der Waals surface area contributed by atoms with Crippen molar-refractivity contribution >= 4 is 5.69 Å². The summed E-state index contributed by atoms with van der Waals surface area (Å²) >= 11 is 0. The third-order valence-electron chi connectivity index (χ3n) is 2.77. The lowest BCUT2D eigenvalue weighted by Gasteiger charge is -2.11. The van der Waals surface area contributed by atoms with E-state index in [1.54, 1.807) is 6.07 Å². The molecule has 0 fully saturated rings. The van der Waals surface area contributed by atoms with E-state index >= 15 is 0 Å². The number of hydrogen-bond acceptors (Lipinski definition) is 3. The molecule has 2 aromatic carbocycles. The maximum Gasteiger partial charge on any atom is 0.416 e. The minimum Gasteiger partial charge on any atom is -0.504 e. The molecular weight excluding hydrogens is 271 g/mol. The average Bonchev–Trinajstić information content (AvgIpc) is 2.40. The van der Waals surface area contributed by atoms with Gasteiger partial charge >= 0.3 is 6.18 Å². The van der Waals surface area contributed by atoms with Crippen molar-refractivity contribution in [1.82, 2.24) is 0 Å². The van der Waals surface area contributed by atoms with Crippen LogP contribution in [0.5, 0.6) is 11.5 Å². The Morgan fingerprint density at radius 2 is 1.70 bits per heavy atom. The summed E-state index contributed by atoms with van der Waals surface area (Å²) in [6.07, 6.45) is -4.40. The first-order valence-corrected chi connectivity index (χ1v) is 5.79. The quantitative estimate of drug-likeness (QED) is 0.752. The number of phenolic OH excluding ortho intramolecular Hbond substituents is 2. The molecule has 0 unspecified atom stereocenters. The summed E-state index contributed by atoms with van der Waals surface area (Å²) in [5, 5.41) is 21.7. The Balaban J connectivity index is 2.13. The molecule has 0 aromatic heterocycles. The molecule has 0 heterocycles. The standard InChI is InChI=1S/C14H12F3NO2/c15-14(16,17)10-4-2-5-11(7-10)18-8-9-3-1-6-12(19)13(9)20/h1-7,18-20H,8H2. The van der Waals surface area contributed by atoms with E-state index < -0.39 is 11.7 Å². The van der Waals surface area contributed by atoms with Crippen LogP contribution in [-0.2, 0) is 12.7 Å². The molecule has 3 nitrogen and oxygen atoms in total. The van der Waals surface area contributed by atoms with Crippen molar-refractivity contribution < 1.29 is 23.4 Å². The summed E-state index contributed by atoms with van der Waals surface area (Å²) in [4.78, 5) is 0. The van der Waals surface area contributed by atoms with Crippen molar-refractivity contribution in [3.63, 3.8) is 0 Å². The molecule has 0 aliphatic heterocycles. The molecule has 2 rings (SSSR count). The maximum atomic E-state index is 12.5. The number of rotatable bonds is 3. The summed E-state index contributed by atoms with van der Waals surface area (Å²) in [5.41, 5.74) is -0.0763. The zero-order chi connectivity index (χ0) is 14.8. The van der Waals surface area contributed by atoms with Crippen LogP contribution < -0.4 is 5.32 Å². The number of aromatic hydroxyl groups is 2. The number of para-hydroxylation sites is 1. The summed E-state index contributed by atoms with van der Waals surface area (Å²) in [5.74, 6) is -0.555. The van der Waals surface area contributed by atoms with Crippen molar-refractivity contribution in [3.05, 3.63) is 53.6 Å². The van der Waals surface area contributed by atoms with Crippen LogP contribution >= 0.6 is 0 Å². The molecule has 106 valence electrons. The van der Waals surface area contributed by atoms with Crippen molar-refractivity contribution in [2.75, 3.05) is 5.32 Å². The van der Waals surface area contributed by atoms with Gasteiger partial charge in [-0.15, -0.1) is 0 Å². The molecule has 2 aromatic rings. The molecule has 0 saturated carbocycles. The fourth-order valence-electron chi connectivity index (χ4n) is 1.72. The Labute approximate surface area is 113 Å². The van der Waals surface area contributed by atoms with Gasteiger partial charge < -0.3 is 15.5 Å². The van der Waals surface area contributed by atoms with Crippen LogP contribution in [0.25, 0.3) is 0 Å². The summed E-state index contributed by atoms with van der Waals surface area (Å²) < 4.78 is 37.6. The van der Waals surface area contributed by atoms with Crippen LogP contribution in [0.4, 0.5) is 18.9 Å². The molecule has 0 saturated heterocycles. The van der Waals surface area contributed by atoms with Crippen LogP contribution in [0, 0.1) is 0 Å². The fraction of sp³-hybridized carbons (Fsp3) is 0.143. The van der Waals surface area contributed by atoms with Gasteiger partial charge in [0.1, 0.15) is 0 Å². The highest BCUT2D eigenvalue weighted by atomic mass is 19.4. The highest BCUT2D eigenvalue weighted by molar-refractivity contribution is 5.50. The lowest BCUT2D eigenvalue weighted by molar-refractivity contribution is -0.137. The number of phenols is 2. The Hall–Kier alpha value is -2.37. The number of nitrogens with one attached hydrogen (secondary N) is 1. The van der Waals surface area contributed by atoms with E-state index in [2.05, 4.69) is 5.32 Å². The molecule has 0 amide bonds. The summed E-state index contributed by atoms with van der Waals surface area (Å²) in [6.45, 7) is 0.0988. The van der Waals surface area contributed by atoms with Crippen LogP contribution in [0.2, 0.25) is 0 Å². The summed E-state index contributed by atoms with van der Waals surface area (Å²) in [6, 6.07) is 9.19. The number of alkyl halides is 3. The van der Waals surface area contributed by atoms with Crippen molar-refractivity contribution in [2.45, 2.75) is 12.7 Å². The van der Waals surface area contributed by atoms with E-state index in [4.69, 9.17) is 0 Å². The van der Waals surface area contributed by atoms with Gasteiger partial charge in [0.25, 0.3) is 0 Å². The topological polar surface area (TPSA) is 52.5 Å². The first kappa shape index (κ1) is 14.0. The van der Waals surface area contributed by atoms with Gasteiger partial charge in [0.15, 0.2) is 11.5 Å². The van der Waals surface area contributed by atoms with E-state index in [0.717, 1.165) is 12.1 Å². The second-order valence-corrected chi connectivity index (χ2v) is 4.22. The molecular formula is C14H12F3NO2. The van der Waals surface area contributed by atoms with Gasteiger partial charge in [-0.25, -0.2) is 0 Å². The molecule has 0 aliphatic rings. The number of benzene rings is 2. The SMILES string of the molecule is Oc1cccc(CNc2cccc(C(F)(F)F)c2)c1O. The molecule has 6 heteroatoms. The predicted molar refractivity (Wildman–Crippen MR) is 68.5 cm³/mol. The largest absolute Gasteiger partial charge is 0.504 e.